The average molecular weight is 257 g/mol. The topological polar surface area (TPSA) is 63.3 Å². The molecule has 0 atom stereocenters. The van der Waals surface area contributed by atoms with E-state index in [1.807, 2.05) is 0 Å². The number of benzene rings is 2. The number of aromatic nitrogens is 1. The Morgan fingerprint density at radius 3 is 2.58 bits per heavy atom. The normalized spacial score (nSPS) is 10.8. The number of hydrogen-bond donors (Lipinski definition) is 1. The van der Waals surface area contributed by atoms with E-state index in [0.717, 1.165) is 0 Å². The van der Waals surface area contributed by atoms with Crippen LogP contribution in [0.2, 0.25) is 0 Å². The molecule has 0 bridgehead atoms. The first kappa shape index (κ1) is 11.4. The van der Waals surface area contributed by atoms with Crippen LogP contribution in [-0.4, -0.2) is 16.1 Å². The Hall–Kier alpha value is -2.69. The second-order valence-corrected chi connectivity index (χ2v) is 3.98. The van der Waals surface area contributed by atoms with E-state index in [1.54, 1.807) is 30.3 Å². The molecule has 0 fully saturated rings. The highest BCUT2D eigenvalue weighted by atomic mass is 19.1. The zero-order valence-electron chi connectivity index (χ0n) is 9.63. The summed E-state index contributed by atoms with van der Waals surface area (Å²) in [6, 6.07) is 9.78. The lowest BCUT2D eigenvalue weighted by atomic mass is 10.0. The summed E-state index contributed by atoms with van der Waals surface area (Å²) in [4.78, 5) is 14.4. The Balaban J connectivity index is 2.24. The van der Waals surface area contributed by atoms with E-state index in [-0.39, 0.29) is 11.7 Å². The van der Waals surface area contributed by atoms with Crippen molar-refractivity contribution in [2.75, 3.05) is 0 Å². The molecule has 0 saturated heterocycles. The molecule has 0 aliphatic carbocycles. The molecular formula is C14H8FNO3. The van der Waals surface area contributed by atoms with E-state index in [4.69, 9.17) is 9.52 Å². The van der Waals surface area contributed by atoms with Crippen LogP contribution in [0, 0.1) is 5.82 Å². The van der Waals surface area contributed by atoms with Gasteiger partial charge in [0.25, 0.3) is 0 Å². The van der Waals surface area contributed by atoms with Crippen LogP contribution < -0.4 is 0 Å². The van der Waals surface area contributed by atoms with Crippen LogP contribution in [0.3, 0.4) is 0 Å². The van der Waals surface area contributed by atoms with Crippen molar-refractivity contribution in [3.8, 4) is 11.3 Å². The summed E-state index contributed by atoms with van der Waals surface area (Å²) in [6.07, 6.45) is 1.32. The smallest absolute Gasteiger partial charge is 0.392 e. The molecule has 19 heavy (non-hydrogen) atoms. The molecule has 2 aromatic carbocycles. The maximum absolute atomic E-state index is 13.7. The predicted octanol–water partition coefficient (Wildman–Crippen LogP) is 3.33. The second kappa shape index (κ2) is 4.20. The van der Waals surface area contributed by atoms with E-state index in [0.29, 0.717) is 22.1 Å². The lowest BCUT2D eigenvalue weighted by Gasteiger charge is -2.04. The van der Waals surface area contributed by atoms with Crippen molar-refractivity contribution in [1.82, 2.24) is 4.98 Å². The summed E-state index contributed by atoms with van der Waals surface area (Å²) >= 11 is 0. The fraction of sp³-hybridized carbons (Fsp3) is 0. The maximum atomic E-state index is 13.7. The van der Waals surface area contributed by atoms with Crippen molar-refractivity contribution in [3.05, 3.63) is 54.3 Å². The number of hydrogen-bond acceptors (Lipinski definition) is 3. The van der Waals surface area contributed by atoms with Gasteiger partial charge in [0.05, 0.1) is 6.20 Å². The number of fused-ring (bicyclic) bond motifs is 1. The number of nitrogens with zero attached hydrogens (tertiary/aromatic N) is 1. The number of oxazole rings is 1. The van der Waals surface area contributed by atoms with Crippen molar-refractivity contribution in [2.45, 2.75) is 0 Å². The van der Waals surface area contributed by atoms with E-state index < -0.39 is 5.97 Å². The van der Waals surface area contributed by atoms with Gasteiger partial charge in [-0.3, -0.25) is 0 Å². The molecule has 0 amide bonds. The third kappa shape index (κ3) is 1.85. The van der Waals surface area contributed by atoms with Gasteiger partial charge in [-0.15, -0.1) is 0 Å². The molecular weight excluding hydrogens is 249 g/mol. The molecule has 5 heteroatoms. The number of carboxylic acid groups (broad SMARTS) is 1. The van der Waals surface area contributed by atoms with Crippen molar-refractivity contribution in [3.63, 3.8) is 0 Å². The molecule has 0 spiro atoms. The number of carbonyl (C=O) groups is 1. The monoisotopic (exact) mass is 257 g/mol. The Morgan fingerprint density at radius 2 is 1.89 bits per heavy atom. The average Bonchev–Trinajstić information content (AvgIpc) is 2.89. The van der Waals surface area contributed by atoms with Gasteiger partial charge in [0, 0.05) is 10.9 Å². The van der Waals surface area contributed by atoms with E-state index in [9.17, 15) is 9.18 Å². The number of halogens is 1. The van der Waals surface area contributed by atoms with Crippen LogP contribution in [0.25, 0.3) is 22.1 Å². The quantitative estimate of drug-likeness (QED) is 0.764. The van der Waals surface area contributed by atoms with Gasteiger partial charge in [0.15, 0.2) is 5.76 Å². The van der Waals surface area contributed by atoms with Crippen LogP contribution >= 0.6 is 0 Å². The van der Waals surface area contributed by atoms with Crippen LogP contribution in [0.15, 0.2) is 47.0 Å². The van der Waals surface area contributed by atoms with Crippen LogP contribution in [-0.2, 0) is 0 Å². The molecule has 4 nitrogen and oxygen atoms in total. The highest BCUT2D eigenvalue weighted by Gasteiger charge is 2.15. The number of carboxylic acids is 1. The zero-order valence-corrected chi connectivity index (χ0v) is 9.63. The number of rotatable bonds is 2. The Kier molecular flexibility index (Phi) is 2.52. The van der Waals surface area contributed by atoms with Gasteiger partial charge in [0.2, 0.25) is 0 Å². The Labute approximate surface area is 107 Å². The van der Waals surface area contributed by atoms with Crippen LogP contribution in [0.5, 0.6) is 0 Å². The lowest BCUT2D eigenvalue weighted by molar-refractivity contribution is 0.0654. The standard InChI is InChI=1S/C14H8FNO3/c15-11-6-5-10(8-3-1-2-4-9(8)11)12-7-16-13(19-12)14(17)18/h1-7H,(H,17,18). The minimum Gasteiger partial charge on any atom is -0.474 e. The summed E-state index contributed by atoms with van der Waals surface area (Å²) in [6.45, 7) is 0. The van der Waals surface area contributed by atoms with Gasteiger partial charge in [-0.2, -0.15) is 0 Å². The zero-order chi connectivity index (χ0) is 13.4. The SMILES string of the molecule is O=C(O)c1ncc(-c2ccc(F)c3ccccc23)o1. The number of aromatic carboxylic acids is 1. The van der Waals surface area contributed by atoms with Crippen LogP contribution in [0.1, 0.15) is 10.7 Å². The fourth-order valence-corrected chi connectivity index (χ4v) is 1.97. The Morgan fingerprint density at radius 1 is 1.16 bits per heavy atom. The molecule has 94 valence electrons. The van der Waals surface area contributed by atoms with E-state index >= 15 is 0 Å². The Bertz CT molecular complexity index is 779. The molecule has 1 heterocycles. The van der Waals surface area contributed by atoms with Gasteiger partial charge in [-0.05, 0) is 17.5 Å². The molecule has 1 N–H and O–H groups in total. The lowest BCUT2D eigenvalue weighted by Crippen LogP contribution is -1.94. The molecule has 3 aromatic rings. The van der Waals surface area contributed by atoms with Gasteiger partial charge in [-0.1, -0.05) is 24.3 Å². The third-order valence-corrected chi connectivity index (χ3v) is 2.82. The van der Waals surface area contributed by atoms with E-state index in [2.05, 4.69) is 4.98 Å². The molecule has 0 saturated carbocycles. The maximum Gasteiger partial charge on any atom is 0.392 e. The van der Waals surface area contributed by atoms with Crippen molar-refractivity contribution >= 4 is 16.7 Å². The first-order valence-corrected chi connectivity index (χ1v) is 5.53. The summed E-state index contributed by atoms with van der Waals surface area (Å²) in [5.41, 5.74) is 0.608. The first-order valence-electron chi connectivity index (χ1n) is 5.53. The summed E-state index contributed by atoms with van der Waals surface area (Å²) in [7, 11) is 0. The van der Waals surface area contributed by atoms with Gasteiger partial charge in [-0.25, -0.2) is 14.2 Å². The van der Waals surface area contributed by atoms with Crippen molar-refractivity contribution < 1.29 is 18.7 Å². The summed E-state index contributed by atoms with van der Waals surface area (Å²) in [5.74, 6) is -1.66. The fourth-order valence-electron chi connectivity index (χ4n) is 1.97. The molecule has 0 aliphatic heterocycles. The van der Waals surface area contributed by atoms with Gasteiger partial charge in [0.1, 0.15) is 5.82 Å². The highest BCUT2D eigenvalue weighted by molar-refractivity contribution is 5.96. The molecule has 0 aliphatic rings. The predicted molar refractivity (Wildman–Crippen MR) is 66.4 cm³/mol. The molecule has 3 rings (SSSR count). The molecule has 0 unspecified atom stereocenters. The summed E-state index contributed by atoms with van der Waals surface area (Å²) in [5, 5.41) is 9.89. The van der Waals surface area contributed by atoms with Crippen LogP contribution in [0.4, 0.5) is 4.39 Å². The minimum atomic E-state index is -1.24. The third-order valence-electron chi connectivity index (χ3n) is 2.82. The first-order chi connectivity index (χ1) is 9.16. The molecule has 1 aromatic heterocycles. The van der Waals surface area contributed by atoms with Gasteiger partial charge >= 0.3 is 11.9 Å². The second-order valence-electron chi connectivity index (χ2n) is 3.98. The van der Waals surface area contributed by atoms with Crippen molar-refractivity contribution in [2.24, 2.45) is 0 Å². The molecule has 0 radical (unpaired) electrons. The van der Waals surface area contributed by atoms with Gasteiger partial charge < -0.3 is 9.52 Å². The largest absolute Gasteiger partial charge is 0.474 e. The van der Waals surface area contributed by atoms with E-state index in [1.165, 1.54) is 12.3 Å². The highest BCUT2D eigenvalue weighted by Crippen LogP contribution is 2.30. The summed E-state index contributed by atoms with van der Waals surface area (Å²) < 4.78 is 18.8. The van der Waals surface area contributed by atoms with Crippen molar-refractivity contribution in [1.29, 1.82) is 0 Å². The minimum absolute atomic E-state index is 0.300.